The van der Waals surface area contributed by atoms with Gasteiger partial charge in [-0.3, -0.25) is 4.79 Å². The van der Waals surface area contributed by atoms with Crippen LogP contribution in [0, 0.1) is 5.92 Å². The fourth-order valence-corrected chi connectivity index (χ4v) is 1.18. The van der Waals surface area contributed by atoms with E-state index in [1.165, 1.54) is 0 Å². The first-order valence-electron chi connectivity index (χ1n) is 4.50. The van der Waals surface area contributed by atoms with Gasteiger partial charge in [0.15, 0.2) is 0 Å². The second-order valence-corrected chi connectivity index (χ2v) is 4.41. The van der Waals surface area contributed by atoms with Gasteiger partial charge < -0.3 is 6.16 Å². The summed E-state index contributed by atoms with van der Waals surface area (Å²) in [4.78, 5) is 10.9. The molecule has 0 aromatic heterocycles. The Labute approximate surface area is 119 Å². The van der Waals surface area contributed by atoms with Gasteiger partial charge >= 0.3 is 35.5 Å². The van der Waals surface area contributed by atoms with Crippen LogP contribution in [0.25, 0.3) is 0 Å². The minimum atomic E-state index is -1.03. The predicted molar refractivity (Wildman–Crippen MR) is 56.0 cm³/mol. The smallest absolute Gasteiger partial charge is 1.00 e. The molecule has 0 heterocycles. The first-order chi connectivity index (χ1) is 6.02. The monoisotopic (exact) mass is 250 g/mol. The first kappa shape index (κ1) is 17.4. The molecule has 0 aromatic carbocycles. The average Bonchev–Trinajstić information content (AvgIpc) is 1.96. The van der Waals surface area contributed by atoms with Crippen molar-refractivity contribution in [3.05, 3.63) is 0 Å². The van der Waals surface area contributed by atoms with E-state index >= 15 is 0 Å². The van der Waals surface area contributed by atoms with Gasteiger partial charge in [0.1, 0.15) is 0 Å². The molecule has 0 aliphatic carbocycles. The number of hydrogen-bond donors (Lipinski definition) is 0. The maximum Gasteiger partial charge on any atom is 1.00 e. The van der Waals surface area contributed by atoms with Crippen LogP contribution in [-0.4, -0.2) is 11.0 Å². The van der Waals surface area contributed by atoms with Gasteiger partial charge in [0.2, 0.25) is 0 Å². The van der Waals surface area contributed by atoms with Gasteiger partial charge in [0.25, 0.3) is 5.02 Å². The van der Waals surface area contributed by atoms with E-state index in [9.17, 15) is 4.79 Å². The van der Waals surface area contributed by atoms with Gasteiger partial charge in [-0.1, -0.05) is 49.9 Å². The normalized spacial score (nSPS) is 10.1. The number of unbranched alkanes of at least 4 members (excludes halogenated alkanes) is 1. The maximum absolute atomic E-state index is 10.9. The van der Waals surface area contributed by atoms with Crippen molar-refractivity contribution in [3.63, 3.8) is 0 Å². The van der Waals surface area contributed by atoms with Crippen molar-refractivity contribution in [3.8, 4) is 0 Å². The summed E-state index contributed by atoms with van der Waals surface area (Å²) in [6.45, 7) is 4.32. The van der Waals surface area contributed by atoms with Crippen molar-refractivity contribution >= 4 is 29.2 Å². The molecule has 0 spiro atoms. The third-order valence-electron chi connectivity index (χ3n) is 1.63. The van der Waals surface area contributed by atoms with Crippen LogP contribution < -0.4 is 29.6 Å². The Balaban J connectivity index is -0.000000720. The van der Waals surface area contributed by atoms with Crippen LogP contribution in [0.1, 0.15) is 41.0 Å². The molecule has 2 nitrogen and oxygen atoms in total. The van der Waals surface area contributed by atoms with E-state index in [2.05, 4.69) is 18.6 Å². The van der Waals surface area contributed by atoms with Crippen molar-refractivity contribution < 1.29 is 40.5 Å². The van der Waals surface area contributed by atoms with Crippen molar-refractivity contribution in [1.29, 1.82) is 0 Å². The quantitative estimate of drug-likeness (QED) is 0.299. The molecule has 0 aliphatic heterocycles. The molecule has 0 saturated carbocycles. The predicted octanol–water partition coefficient (Wildman–Crippen LogP) is 0.624. The third-order valence-corrected chi connectivity index (χ3v) is 1.81. The van der Waals surface area contributed by atoms with Gasteiger partial charge in [-0.25, -0.2) is 0 Å². The van der Waals surface area contributed by atoms with Crippen molar-refractivity contribution in [2.24, 2.45) is 5.92 Å². The fourth-order valence-electron chi connectivity index (χ4n) is 0.980. The molecule has 0 atom stereocenters. The standard InChI is InChI=1S/C9H16Cl2O2.Na.H/c1-7(2)5-3-4-6-8(12)13-9(10)11;;/h7,9H,3-6H2,1-2H3;;/q;+1;-1. The number of rotatable bonds is 6. The van der Waals surface area contributed by atoms with Crippen LogP contribution in [0.2, 0.25) is 0 Å². The van der Waals surface area contributed by atoms with Crippen LogP contribution >= 0.6 is 23.2 Å². The number of hydrogen-bond acceptors (Lipinski definition) is 2. The number of carbonyl (C=O) groups is 1. The Morgan fingerprint density at radius 3 is 2.36 bits per heavy atom. The SMILES string of the molecule is CC(C)CCCCC(=O)OC(Cl)Cl.[H-].[Na+]. The van der Waals surface area contributed by atoms with Crippen molar-refractivity contribution in [1.82, 2.24) is 0 Å². The average molecular weight is 251 g/mol. The van der Waals surface area contributed by atoms with Crippen molar-refractivity contribution in [2.75, 3.05) is 0 Å². The molecular formula is C9H17Cl2NaO2. The van der Waals surface area contributed by atoms with Crippen LogP contribution in [0.5, 0.6) is 0 Å². The summed E-state index contributed by atoms with van der Waals surface area (Å²) in [7, 11) is 0. The maximum atomic E-state index is 10.9. The minimum absolute atomic E-state index is 0. The van der Waals surface area contributed by atoms with Crippen molar-refractivity contribution in [2.45, 2.75) is 44.6 Å². The van der Waals surface area contributed by atoms with Gasteiger partial charge in [0, 0.05) is 6.42 Å². The molecule has 0 aromatic rings. The van der Waals surface area contributed by atoms with Gasteiger partial charge in [0.05, 0.1) is 0 Å². The molecule has 0 unspecified atom stereocenters. The van der Waals surface area contributed by atoms with Crippen LogP contribution in [0.3, 0.4) is 0 Å². The Hall–Kier alpha value is 1.05. The van der Waals surface area contributed by atoms with E-state index in [1.54, 1.807) is 0 Å². The molecule has 14 heavy (non-hydrogen) atoms. The Morgan fingerprint density at radius 2 is 1.93 bits per heavy atom. The molecule has 0 radical (unpaired) electrons. The zero-order valence-corrected chi connectivity index (χ0v) is 12.6. The third kappa shape index (κ3) is 13.1. The van der Waals surface area contributed by atoms with Gasteiger partial charge in [-0.05, 0) is 12.3 Å². The molecule has 0 bridgehead atoms. The number of esters is 1. The summed E-state index contributed by atoms with van der Waals surface area (Å²) >= 11 is 10.5. The summed E-state index contributed by atoms with van der Waals surface area (Å²) in [5.41, 5.74) is 0. The molecule has 80 valence electrons. The van der Waals surface area contributed by atoms with E-state index in [1.807, 2.05) is 0 Å². The Bertz CT molecular complexity index is 157. The number of alkyl halides is 2. The second-order valence-electron chi connectivity index (χ2n) is 3.39. The zero-order valence-electron chi connectivity index (χ0n) is 10.1. The second kappa shape index (κ2) is 10.6. The van der Waals surface area contributed by atoms with E-state index in [-0.39, 0.29) is 37.0 Å². The van der Waals surface area contributed by atoms with Gasteiger partial charge in [-0.15, -0.1) is 0 Å². The largest absolute Gasteiger partial charge is 1.00 e. The summed E-state index contributed by atoms with van der Waals surface area (Å²) in [5.74, 6) is 0.364. The number of halogens is 2. The zero-order chi connectivity index (χ0) is 10.3. The van der Waals surface area contributed by atoms with Crippen LogP contribution in [-0.2, 0) is 9.53 Å². The van der Waals surface area contributed by atoms with Gasteiger partial charge in [-0.2, -0.15) is 0 Å². The molecule has 0 fully saturated rings. The molecule has 5 heteroatoms. The van der Waals surface area contributed by atoms with Crippen LogP contribution in [0.4, 0.5) is 0 Å². The molecule has 0 N–H and O–H groups in total. The molecule has 0 rings (SSSR count). The topological polar surface area (TPSA) is 26.3 Å². The van der Waals surface area contributed by atoms with E-state index in [0.717, 1.165) is 19.3 Å². The first-order valence-corrected chi connectivity index (χ1v) is 5.37. The fraction of sp³-hybridized carbons (Fsp3) is 0.889. The Kier molecular flexibility index (Phi) is 13.2. The number of ether oxygens (including phenoxy) is 1. The minimum Gasteiger partial charge on any atom is -1.00 e. The molecule has 0 aliphatic rings. The van der Waals surface area contributed by atoms with Crippen LogP contribution in [0.15, 0.2) is 0 Å². The number of carbonyl (C=O) groups excluding carboxylic acids is 1. The molecular weight excluding hydrogens is 234 g/mol. The molecule has 0 amide bonds. The summed E-state index contributed by atoms with van der Waals surface area (Å²) in [6.07, 6.45) is 3.43. The molecule has 0 saturated heterocycles. The summed E-state index contributed by atoms with van der Waals surface area (Å²) in [6, 6.07) is 0. The summed E-state index contributed by atoms with van der Waals surface area (Å²) < 4.78 is 4.55. The Morgan fingerprint density at radius 1 is 1.36 bits per heavy atom. The van der Waals surface area contributed by atoms with E-state index < -0.39 is 5.02 Å². The summed E-state index contributed by atoms with van der Waals surface area (Å²) in [5, 5.41) is -1.03. The van der Waals surface area contributed by atoms with E-state index in [0.29, 0.717) is 12.3 Å². The van der Waals surface area contributed by atoms with E-state index in [4.69, 9.17) is 23.2 Å².